The molecule has 0 spiro atoms. The van der Waals surface area contributed by atoms with Gasteiger partial charge in [-0.3, -0.25) is 4.79 Å². The Hall–Kier alpha value is -1.22. The number of amides is 1. The Balaban J connectivity index is 2.28. The van der Waals surface area contributed by atoms with E-state index in [9.17, 15) is 4.79 Å². The Kier molecular flexibility index (Phi) is 3.57. The molecular formula is C13H16ClNO2. The standard InChI is InChI=1S/C13H16ClNO2/c1-9(2)17-12-6-4-3-5-11(12)15-8-10(14)7-13(15)16/h3-6,9-10H,7-8H2,1-2H3. The molecule has 3 nitrogen and oxygen atoms in total. The Morgan fingerprint density at radius 1 is 1.41 bits per heavy atom. The Morgan fingerprint density at radius 2 is 2.12 bits per heavy atom. The van der Waals surface area contributed by atoms with Crippen LogP contribution in [0, 0.1) is 0 Å². The van der Waals surface area contributed by atoms with Crippen LogP contribution in [0.3, 0.4) is 0 Å². The molecule has 0 saturated carbocycles. The second-order valence-electron chi connectivity index (χ2n) is 4.44. The van der Waals surface area contributed by atoms with E-state index in [1.165, 1.54) is 0 Å². The van der Waals surface area contributed by atoms with Crippen LogP contribution in [0.4, 0.5) is 5.69 Å². The molecule has 0 aliphatic carbocycles. The van der Waals surface area contributed by atoms with E-state index in [4.69, 9.17) is 16.3 Å². The SMILES string of the molecule is CC(C)Oc1ccccc1N1CC(Cl)CC1=O. The first-order valence-corrected chi connectivity index (χ1v) is 6.21. The summed E-state index contributed by atoms with van der Waals surface area (Å²) < 4.78 is 5.70. The molecule has 0 radical (unpaired) electrons. The molecular weight excluding hydrogens is 238 g/mol. The summed E-state index contributed by atoms with van der Waals surface area (Å²) in [6.07, 6.45) is 0.484. The molecule has 1 aliphatic heterocycles. The monoisotopic (exact) mass is 253 g/mol. The van der Waals surface area contributed by atoms with Crippen LogP contribution in [0.2, 0.25) is 0 Å². The second kappa shape index (κ2) is 4.96. The molecule has 0 N–H and O–H groups in total. The van der Waals surface area contributed by atoms with E-state index in [0.717, 1.165) is 11.4 Å². The highest BCUT2D eigenvalue weighted by atomic mass is 35.5. The predicted octanol–water partition coefficient (Wildman–Crippen LogP) is 2.82. The lowest BCUT2D eigenvalue weighted by molar-refractivity contribution is -0.117. The first kappa shape index (κ1) is 12.2. The van der Waals surface area contributed by atoms with Gasteiger partial charge in [0.25, 0.3) is 0 Å². The lowest BCUT2D eigenvalue weighted by atomic mass is 10.2. The maximum atomic E-state index is 11.8. The number of para-hydroxylation sites is 2. The number of alkyl halides is 1. The van der Waals surface area contributed by atoms with Crippen molar-refractivity contribution < 1.29 is 9.53 Å². The molecule has 1 aromatic carbocycles. The minimum atomic E-state index is -0.102. The fraction of sp³-hybridized carbons (Fsp3) is 0.462. The van der Waals surface area contributed by atoms with Crippen molar-refractivity contribution in [3.8, 4) is 5.75 Å². The van der Waals surface area contributed by atoms with Gasteiger partial charge in [0.1, 0.15) is 5.75 Å². The summed E-state index contributed by atoms with van der Waals surface area (Å²) in [6.45, 7) is 4.48. The molecule has 1 aromatic rings. The molecule has 0 aromatic heterocycles. The summed E-state index contributed by atoms with van der Waals surface area (Å²) in [6, 6.07) is 7.58. The molecule has 1 heterocycles. The molecule has 0 bridgehead atoms. The Labute approximate surface area is 106 Å². The maximum Gasteiger partial charge on any atom is 0.228 e. The van der Waals surface area contributed by atoms with Crippen LogP contribution in [0.5, 0.6) is 5.75 Å². The first-order valence-electron chi connectivity index (χ1n) is 5.78. The van der Waals surface area contributed by atoms with Gasteiger partial charge in [-0.15, -0.1) is 11.6 Å². The van der Waals surface area contributed by atoms with E-state index in [-0.39, 0.29) is 17.4 Å². The number of carbonyl (C=O) groups is 1. The van der Waals surface area contributed by atoms with Crippen molar-refractivity contribution in [1.29, 1.82) is 0 Å². The summed E-state index contributed by atoms with van der Waals surface area (Å²) in [4.78, 5) is 13.5. The number of ether oxygens (including phenoxy) is 1. The van der Waals surface area contributed by atoms with E-state index in [1.54, 1.807) is 4.90 Å². The van der Waals surface area contributed by atoms with E-state index >= 15 is 0 Å². The average molecular weight is 254 g/mol. The summed E-state index contributed by atoms with van der Waals surface area (Å²) in [7, 11) is 0. The third kappa shape index (κ3) is 2.72. The first-order chi connectivity index (χ1) is 8.08. The minimum Gasteiger partial charge on any atom is -0.489 e. The highest BCUT2D eigenvalue weighted by molar-refractivity contribution is 6.24. The molecule has 1 atom stereocenters. The fourth-order valence-electron chi connectivity index (χ4n) is 1.93. The lowest BCUT2D eigenvalue weighted by Crippen LogP contribution is -2.25. The maximum absolute atomic E-state index is 11.8. The van der Waals surface area contributed by atoms with Gasteiger partial charge in [-0.2, -0.15) is 0 Å². The zero-order valence-electron chi connectivity index (χ0n) is 10.0. The fourth-order valence-corrected chi connectivity index (χ4v) is 2.20. The summed E-state index contributed by atoms with van der Waals surface area (Å²) in [5, 5.41) is -0.102. The molecule has 2 rings (SSSR count). The molecule has 4 heteroatoms. The molecule has 1 amide bonds. The van der Waals surface area contributed by atoms with Crippen LogP contribution < -0.4 is 9.64 Å². The van der Waals surface area contributed by atoms with Crippen molar-refractivity contribution in [2.24, 2.45) is 0 Å². The molecule has 1 fully saturated rings. The molecule has 1 unspecified atom stereocenters. The summed E-state index contributed by atoms with van der Waals surface area (Å²) in [5.41, 5.74) is 0.814. The van der Waals surface area contributed by atoms with Crippen LogP contribution >= 0.6 is 11.6 Å². The van der Waals surface area contributed by atoms with Gasteiger partial charge >= 0.3 is 0 Å². The third-order valence-corrected chi connectivity index (χ3v) is 2.89. The van der Waals surface area contributed by atoms with Crippen molar-refractivity contribution in [2.45, 2.75) is 31.7 Å². The van der Waals surface area contributed by atoms with Crippen molar-refractivity contribution >= 4 is 23.2 Å². The summed E-state index contributed by atoms with van der Waals surface area (Å²) in [5.74, 6) is 0.798. The quantitative estimate of drug-likeness (QED) is 0.776. The lowest BCUT2D eigenvalue weighted by Gasteiger charge is -2.21. The predicted molar refractivity (Wildman–Crippen MR) is 68.8 cm³/mol. The zero-order valence-corrected chi connectivity index (χ0v) is 10.8. The number of nitrogens with zero attached hydrogens (tertiary/aromatic N) is 1. The smallest absolute Gasteiger partial charge is 0.228 e. The molecule has 17 heavy (non-hydrogen) atoms. The van der Waals surface area contributed by atoms with Gasteiger partial charge in [0, 0.05) is 13.0 Å². The average Bonchev–Trinajstić information content (AvgIpc) is 2.58. The number of halogens is 1. The highest BCUT2D eigenvalue weighted by Crippen LogP contribution is 2.32. The van der Waals surface area contributed by atoms with Gasteiger partial charge in [-0.05, 0) is 26.0 Å². The van der Waals surface area contributed by atoms with Crippen LogP contribution in [-0.4, -0.2) is 23.9 Å². The number of anilines is 1. The van der Waals surface area contributed by atoms with Gasteiger partial charge in [0.15, 0.2) is 0 Å². The number of carbonyl (C=O) groups excluding carboxylic acids is 1. The van der Waals surface area contributed by atoms with Crippen molar-refractivity contribution in [3.05, 3.63) is 24.3 Å². The van der Waals surface area contributed by atoms with E-state index in [1.807, 2.05) is 38.1 Å². The Morgan fingerprint density at radius 3 is 2.71 bits per heavy atom. The number of hydrogen-bond acceptors (Lipinski definition) is 2. The van der Waals surface area contributed by atoms with Crippen LogP contribution in [0.15, 0.2) is 24.3 Å². The molecule has 1 aliphatic rings. The number of benzene rings is 1. The van der Waals surface area contributed by atoms with Gasteiger partial charge in [0.05, 0.1) is 17.2 Å². The van der Waals surface area contributed by atoms with Crippen molar-refractivity contribution in [2.75, 3.05) is 11.4 Å². The highest BCUT2D eigenvalue weighted by Gasteiger charge is 2.30. The van der Waals surface area contributed by atoms with Gasteiger partial charge < -0.3 is 9.64 Å². The zero-order chi connectivity index (χ0) is 12.4. The second-order valence-corrected chi connectivity index (χ2v) is 5.06. The van der Waals surface area contributed by atoms with Crippen LogP contribution in [-0.2, 0) is 4.79 Å². The summed E-state index contributed by atoms with van der Waals surface area (Å²) >= 11 is 6.01. The van der Waals surface area contributed by atoms with Gasteiger partial charge in [0.2, 0.25) is 5.91 Å². The third-order valence-electron chi connectivity index (χ3n) is 2.60. The number of hydrogen-bond donors (Lipinski definition) is 0. The van der Waals surface area contributed by atoms with Crippen molar-refractivity contribution in [3.63, 3.8) is 0 Å². The normalized spacial score (nSPS) is 20.1. The van der Waals surface area contributed by atoms with E-state index < -0.39 is 0 Å². The Bertz CT molecular complexity index is 420. The van der Waals surface area contributed by atoms with Gasteiger partial charge in [-0.1, -0.05) is 12.1 Å². The van der Waals surface area contributed by atoms with Crippen LogP contribution in [0.25, 0.3) is 0 Å². The largest absolute Gasteiger partial charge is 0.489 e. The van der Waals surface area contributed by atoms with E-state index in [0.29, 0.717) is 13.0 Å². The minimum absolute atomic E-state index is 0.0600. The molecule has 1 saturated heterocycles. The van der Waals surface area contributed by atoms with E-state index in [2.05, 4.69) is 0 Å². The topological polar surface area (TPSA) is 29.5 Å². The van der Waals surface area contributed by atoms with Crippen LogP contribution in [0.1, 0.15) is 20.3 Å². The van der Waals surface area contributed by atoms with Crippen molar-refractivity contribution in [1.82, 2.24) is 0 Å². The number of rotatable bonds is 3. The molecule has 92 valence electrons. The van der Waals surface area contributed by atoms with Gasteiger partial charge in [-0.25, -0.2) is 0 Å².